The van der Waals surface area contributed by atoms with Crippen LogP contribution >= 0.6 is 11.3 Å². The molecule has 0 saturated heterocycles. The largest absolute Gasteiger partial charge is 0.494 e. The lowest BCUT2D eigenvalue weighted by Crippen LogP contribution is -2.35. The number of nitrogens with one attached hydrogen (secondary N) is 1. The lowest BCUT2D eigenvalue weighted by Gasteiger charge is -2.27. The van der Waals surface area contributed by atoms with E-state index in [0.717, 1.165) is 27.6 Å². The molecule has 3 aromatic rings. The van der Waals surface area contributed by atoms with Crippen molar-refractivity contribution in [1.29, 1.82) is 5.26 Å². The average molecular weight is 506 g/mol. The van der Waals surface area contributed by atoms with Crippen molar-refractivity contribution in [2.75, 3.05) is 18.5 Å². The van der Waals surface area contributed by atoms with Gasteiger partial charge in [-0.05, 0) is 49.4 Å². The number of imidazole rings is 1. The van der Waals surface area contributed by atoms with E-state index in [1.165, 1.54) is 11.3 Å². The number of hydrogen-bond donors (Lipinski definition) is 1. The Morgan fingerprint density at radius 2 is 2.19 bits per heavy atom. The number of ether oxygens (including phenoxy) is 1. The first-order chi connectivity index (χ1) is 17.4. The highest BCUT2D eigenvalue weighted by molar-refractivity contribution is 7.16. The summed E-state index contributed by atoms with van der Waals surface area (Å²) < 4.78 is 7.54. The normalized spacial score (nSPS) is 13.6. The third kappa shape index (κ3) is 5.77. The van der Waals surface area contributed by atoms with Crippen molar-refractivity contribution >= 4 is 28.2 Å². The second kappa shape index (κ2) is 11.4. The molecule has 188 valence electrons. The molecule has 1 N–H and O–H groups in total. The number of nitrogens with zero attached hydrogens (tertiary/aromatic N) is 4. The topological polar surface area (TPSA) is 100 Å². The first kappa shape index (κ1) is 25.5. The summed E-state index contributed by atoms with van der Waals surface area (Å²) in [5.41, 5.74) is 2.50. The highest BCUT2D eigenvalue weighted by atomic mass is 32.1. The van der Waals surface area contributed by atoms with E-state index in [1.807, 2.05) is 60.7 Å². The van der Waals surface area contributed by atoms with Crippen LogP contribution in [0.15, 0.2) is 36.7 Å². The summed E-state index contributed by atoms with van der Waals surface area (Å²) in [7, 11) is 0. The number of nitriles is 1. The maximum absolute atomic E-state index is 12.9. The van der Waals surface area contributed by atoms with Crippen molar-refractivity contribution in [3.8, 4) is 11.8 Å². The highest BCUT2D eigenvalue weighted by Crippen LogP contribution is 2.37. The molecule has 0 radical (unpaired) electrons. The Labute approximate surface area is 215 Å². The fourth-order valence-corrected chi connectivity index (χ4v) is 5.72. The average Bonchev–Trinajstić information content (AvgIpc) is 3.44. The standard InChI is InChI=1S/C27H31N5O3S/c1-4-35-21-7-5-6-20(15-21)18(2)14-25(33)30-27-23(16-28)22-8-11-32(17-24(22)36-27)26(34)9-12-31-13-10-29-19(31)3/h5-7,10,13,15,18H,4,8-9,11-12,14,17H2,1-3H3,(H,30,33). The molecule has 4 rings (SSSR count). The highest BCUT2D eigenvalue weighted by Gasteiger charge is 2.27. The third-order valence-electron chi connectivity index (χ3n) is 6.49. The van der Waals surface area contributed by atoms with Gasteiger partial charge < -0.3 is 19.5 Å². The SMILES string of the molecule is CCOc1cccc(C(C)CC(=O)Nc2sc3c(c2C#N)CCN(C(=O)CCn2ccnc2C)C3)c1. The predicted octanol–water partition coefficient (Wildman–Crippen LogP) is 4.63. The maximum atomic E-state index is 12.9. The van der Waals surface area contributed by atoms with Crippen LogP contribution < -0.4 is 10.1 Å². The van der Waals surface area contributed by atoms with Crippen LogP contribution in [0.1, 0.15) is 60.0 Å². The fourth-order valence-electron chi connectivity index (χ4n) is 4.49. The number of amides is 2. The van der Waals surface area contributed by atoms with Crippen molar-refractivity contribution in [2.24, 2.45) is 0 Å². The van der Waals surface area contributed by atoms with Crippen molar-refractivity contribution < 1.29 is 14.3 Å². The van der Waals surface area contributed by atoms with E-state index in [0.29, 0.717) is 56.1 Å². The van der Waals surface area contributed by atoms with Crippen LogP contribution in [0.25, 0.3) is 0 Å². The Morgan fingerprint density at radius 3 is 2.92 bits per heavy atom. The van der Waals surface area contributed by atoms with E-state index in [9.17, 15) is 14.9 Å². The Morgan fingerprint density at radius 1 is 1.36 bits per heavy atom. The van der Waals surface area contributed by atoms with Gasteiger partial charge in [0, 0.05) is 43.2 Å². The molecule has 36 heavy (non-hydrogen) atoms. The maximum Gasteiger partial charge on any atom is 0.225 e. The van der Waals surface area contributed by atoms with Crippen LogP contribution in [0.4, 0.5) is 5.00 Å². The van der Waals surface area contributed by atoms with E-state index < -0.39 is 0 Å². The predicted molar refractivity (Wildman–Crippen MR) is 139 cm³/mol. The van der Waals surface area contributed by atoms with Crippen LogP contribution in [-0.2, 0) is 29.1 Å². The molecule has 1 aliphatic heterocycles. The summed E-state index contributed by atoms with van der Waals surface area (Å²) in [4.78, 5) is 32.7. The minimum Gasteiger partial charge on any atom is -0.494 e. The molecule has 0 saturated carbocycles. The first-order valence-corrected chi connectivity index (χ1v) is 13.0. The van der Waals surface area contributed by atoms with Crippen LogP contribution in [0.2, 0.25) is 0 Å². The number of fused-ring (bicyclic) bond motifs is 1. The molecule has 1 aromatic carbocycles. The van der Waals surface area contributed by atoms with Crippen molar-refractivity contribution in [3.63, 3.8) is 0 Å². The number of carbonyl (C=O) groups excluding carboxylic acids is 2. The lowest BCUT2D eigenvalue weighted by molar-refractivity contribution is -0.132. The summed E-state index contributed by atoms with van der Waals surface area (Å²) >= 11 is 1.40. The van der Waals surface area contributed by atoms with E-state index in [4.69, 9.17) is 4.74 Å². The van der Waals surface area contributed by atoms with Crippen LogP contribution in [0.5, 0.6) is 5.75 Å². The molecule has 1 atom stereocenters. The van der Waals surface area contributed by atoms with Gasteiger partial charge in [0.05, 0.1) is 18.7 Å². The Balaban J connectivity index is 1.38. The zero-order valence-electron chi connectivity index (χ0n) is 20.9. The molecule has 3 heterocycles. The number of benzene rings is 1. The minimum absolute atomic E-state index is 0.00206. The number of aromatic nitrogens is 2. The van der Waals surface area contributed by atoms with E-state index in [1.54, 1.807) is 6.20 Å². The van der Waals surface area contributed by atoms with E-state index in [-0.39, 0.29) is 17.7 Å². The van der Waals surface area contributed by atoms with Crippen LogP contribution in [0, 0.1) is 18.3 Å². The van der Waals surface area contributed by atoms with Crippen LogP contribution in [0.3, 0.4) is 0 Å². The van der Waals surface area contributed by atoms with Crippen molar-refractivity contribution in [1.82, 2.24) is 14.5 Å². The summed E-state index contributed by atoms with van der Waals surface area (Å²) in [6.07, 6.45) is 4.91. The zero-order chi connectivity index (χ0) is 25.7. The molecule has 1 aliphatic rings. The lowest BCUT2D eigenvalue weighted by atomic mass is 9.97. The van der Waals surface area contributed by atoms with Crippen molar-refractivity contribution in [2.45, 2.75) is 59.0 Å². The molecular formula is C27H31N5O3S. The van der Waals surface area contributed by atoms with Gasteiger partial charge in [-0.1, -0.05) is 19.1 Å². The molecule has 0 spiro atoms. The number of carbonyl (C=O) groups is 2. The Hall–Kier alpha value is -3.64. The van der Waals surface area contributed by atoms with Crippen LogP contribution in [-0.4, -0.2) is 39.4 Å². The first-order valence-electron chi connectivity index (χ1n) is 12.2. The fraction of sp³-hybridized carbons (Fsp3) is 0.407. The number of thiophene rings is 1. The van der Waals surface area contributed by atoms with Gasteiger partial charge >= 0.3 is 0 Å². The smallest absolute Gasteiger partial charge is 0.225 e. The number of hydrogen-bond acceptors (Lipinski definition) is 6. The molecule has 0 fully saturated rings. The molecule has 0 aliphatic carbocycles. The monoisotopic (exact) mass is 505 g/mol. The molecule has 8 nitrogen and oxygen atoms in total. The summed E-state index contributed by atoms with van der Waals surface area (Å²) in [5.74, 6) is 1.62. The quantitative estimate of drug-likeness (QED) is 0.457. The molecule has 1 unspecified atom stereocenters. The third-order valence-corrected chi connectivity index (χ3v) is 7.63. The van der Waals surface area contributed by atoms with Gasteiger partial charge in [0.15, 0.2) is 0 Å². The van der Waals surface area contributed by atoms with E-state index >= 15 is 0 Å². The molecule has 2 aromatic heterocycles. The molecule has 9 heteroatoms. The Kier molecular flexibility index (Phi) is 8.06. The van der Waals surface area contributed by atoms with Gasteiger partial charge in [0.25, 0.3) is 0 Å². The van der Waals surface area contributed by atoms with Crippen molar-refractivity contribution in [3.05, 3.63) is 64.1 Å². The summed E-state index contributed by atoms with van der Waals surface area (Å²) in [6.45, 7) is 8.08. The van der Waals surface area contributed by atoms with Gasteiger partial charge in [0.2, 0.25) is 11.8 Å². The molecular weight excluding hydrogens is 474 g/mol. The number of anilines is 1. The van der Waals surface area contributed by atoms with Gasteiger partial charge in [-0.3, -0.25) is 9.59 Å². The minimum atomic E-state index is -0.136. The summed E-state index contributed by atoms with van der Waals surface area (Å²) in [5, 5.41) is 13.4. The summed E-state index contributed by atoms with van der Waals surface area (Å²) in [6, 6.07) is 10.1. The second-order valence-electron chi connectivity index (χ2n) is 8.96. The van der Waals surface area contributed by atoms with Gasteiger partial charge in [-0.2, -0.15) is 5.26 Å². The van der Waals surface area contributed by atoms with Gasteiger partial charge in [-0.15, -0.1) is 11.3 Å². The second-order valence-corrected chi connectivity index (χ2v) is 10.1. The van der Waals surface area contributed by atoms with Gasteiger partial charge in [-0.25, -0.2) is 4.98 Å². The number of rotatable bonds is 9. The van der Waals surface area contributed by atoms with E-state index in [2.05, 4.69) is 16.4 Å². The zero-order valence-corrected chi connectivity index (χ0v) is 21.7. The Bertz CT molecular complexity index is 1290. The number of aryl methyl sites for hydroxylation is 2. The van der Waals surface area contributed by atoms with Gasteiger partial charge in [0.1, 0.15) is 22.6 Å². The molecule has 2 amide bonds. The molecule has 0 bridgehead atoms.